The van der Waals surface area contributed by atoms with Crippen LogP contribution in [-0.4, -0.2) is 26.5 Å². The van der Waals surface area contributed by atoms with Gasteiger partial charge in [0.2, 0.25) is 0 Å². The van der Waals surface area contributed by atoms with Crippen molar-refractivity contribution in [3.05, 3.63) is 55.1 Å². The van der Waals surface area contributed by atoms with Crippen LogP contribution in [0, 0.1) is 0 Å². The van der Waals surface area contributed by atoms with Crippen molar-refractivity contribution < 1.29 is 4.74 Å². The van der Waals surface area contributed by atoms with Gasteiger partial charge in [-0.1, -0.05) is 25.8 Å². The zero-order valence-corrected chi connectivity index (χ0v) is 14.2. The molecule has 0 fully saturated rings. The van der Waals surface area contributed by atoms with E-state index in [2.05, 4.69) is 32.2 Å². The van der Waals surface area contributed by atoms with E-state index in [0.29, 0.717) is 29.7 Å². The topological polar surface area (TPSA) is 72.8 Å². The maximum Gasteiger partial charge on any atom is 0.174 e. The zero-order chi connectivity index (χ0) is 17.3. The van der Waals surface area contributed by atoms with Crippen LogP contribution in [0.25, 0.3) is 11.4 Å². The summed E-state index contributed by atoms with van der Waals surface area (Å²) in [5.74, 6) is 1.94. The SMILES string of the molecule is CCCCCOc1cccnc1Nc1cncc(-c2ccccn2)n1. The molecule has 3 heterocycles. The number of hydrogen-bond donors (Lipinski definition) is 1. The summed E-state index contributed by atoms with van der Waals surface area (Å²) >= 11 is 0. The van der Waals surface area contributed by atoms with E-state index in [1.807, 2.05) is 30.3 Å². The highest BCUT2D eigenvalue weighted by Crippen LogP contribution is 2.25. The zero-order valence-electron chi connectivity index (χ0n) is 14.2. The predicted molar refractivity (Wildman–Crippen MR) is 97.8 cm³/mol. The average molecular weight is 335 g/mol. The average Bonchev–Trinajstić information content (AvgIpc) is 2.67. The van der Waals surface area contributed by atoms with E-state index in [4.69, 9.17) is 4.74 Å². The maximum atomic E-state index is 5.84. The second kappa shape index (κ2) is 8.73. The van der Waals surface area contributed by atoms with Crippen LogP contribution in [0.1, 0.15) is 26.2 Å². The smallest absolute Gasteiger partial charge is 0.174 e. The number of nitrogens with one attached hydrogen (secondary N) is 1. The molecule has 0 aliphatic rings. The Morgan fingerprint density at radius 3 is 2.72 bits per heavy atom. The number of hydrogen-bond acceptors (Lipinski definition) is 6. The summed E-state index contributed by atoms with van der Waals surface area (Å²) in [6, 6.07) is 9.45. The quantitative estimate of drug-likeness (QED) is 0.621. The van der Waals surface area contributed by atoms with Gasteiger partial charge in [-0.15, -0.1) is 0 Å². The fraction of sp³-hybridized carbons (Fsp3) is 0.263. The van der Waals surface area contributed by atoms with Crippen molar-refractivity contribution in [3.8, 4) is 17.1 Å². The molecule has 0 aliphatic heterocycles. The lowest BCUT2D eigenvalue weighted by Gasteiger charge is -2.12. The van der Waals surface area contributed by atoms with Crippen molar-refractivity contribution in [2.24, 2.45) is 0 Å². The highest BCUT2D eigenvalue weighted by molar-refractivity contribution is 5.61. The molecule has 0 radical (unpaired) electrons. The van der Waals surface area contributed by atoms with Crippen molar-refractivity contribution in [1.29, 1.82) is 0 Å². The first-order valence-corrected chi connectivity index (χ1v) is 8.45. The summed E-state index contributed by atoms with van der Waals surface area (Å²) in [6.07, 6.45) is 10.1. The van der Waals surface area contributed by atoms with Gasteiger partial charge in [-0.25, -0.2) is 9.97 Å². The Balaban J connectivity index is 1.74. The van der Waals surface area contributed by atoms with E-state index in [9.17, 15) is 0 Å². The first-order chi connectivity index (χ1) is 12.4. The first-order valence-electron chi connectivity index (χ1n) is 8.45. The maximum absolute atomic E-state index is 5.84. The molecule has 128 valence electrons. The van der Waals surface area contributed by atoms with Gasteiger partial charge >= 0.3 is 0 Å². The molecular weight excluding hydrogens is 314 g/mol. The van der Waals surface area contributed by atoms with Crippen molar-refractivity contribution in [2.45, 2.75) is 26.2 Å². The highest BCUT2D eigenvalue weighted by atomic mass is 16.5. The molecule has 0 saturated heterocycles. The fourth-order valence-corrected chi connectivity index (χ4v) is 2.32. The molecule has 0 unspecified atom stereocenters. The number of rotatable bonds is 8. The van der Waals surface area contributed by atoms with Gasteiger partial charge in [0.05, 0.1) is 24.7 Å². The summed E-state index contributed by atoms with van der Waals surface area (Å²) in [7, 11) is 0. The Labute approximate surface area is 147 Å². The molecule has 1 N–H and O–H groups in total. The number of unbranched alkanes of at least 4 members (excludes halogenated alkanes) is 2. The fourth-order valence-electron chi connectivity index (χ4n) is 2.32. The van der Waals surface area contributed by atoms with E-state index < -0.39 is 0 Å². The number of anilines is 2. The van der Waals surface area contributed by atoms with Crippen molar-refractivity contribution in [3.63, 3.8) is 0 Å². The largest absolute Gasteiger partial charge is 0.490 e. The minimum absolute atomic E-state index is 0.597. The van der Waals surface area contributed by atoms with Crippen molar-refractivity contribution >= 4 is 11.6 Å². The van der Waals surface area contributed by atoms with Gasteiger partial charge in [0.15, 0.2) is 17.4 Å². The Morgan fingerprint density at radius 1 is 0.960 bits per heavy atom. The van der Waals surface area contributed by atoms with Crippen LogP contribution in [-0.2, 0) is 0 Å². The van der Waals surface area contributed by atoms with Crippen LogP contribution >= 0.6 is 0 Å². The van der Waals surface area contributed by atoms with Gasteiger partial charge in [-0.2, -0.15) is 0 Å². The molecule has 3 rings (SSSR count). The normalized spacial score (nSPS) is 10.4. The van der Waals surface area contributed by atoms with E-state index in [0.717, 1.165) is 25.0 Å². The summed E-state index contributed by atoms with van der Waals surface area (Å²) in [5.41, 5.74) is 1.47. The van der Waals surface area contributed by atoms with Crippen molar-refractivity contribution in [1.82, 2.24) is 19.9 Å². The van der Waals surface area contributed by atoms with Gasteiger partial charge in [0.25, 0.3) is 0 Å². The summed E-state index contributed by atoms with van der Waals surface area (Å²) in [6.45, 7) is 2.85. The van der Waals surface area contributed by atoms with Crippen LogP contribution in [0.4, 0.5) is 11.6 Å². The molecular formula is C19H21N5O. The number of nitrogens with zero attached hydrogens (tertiary/aromatic N) is 4. The molecule has 0 amide bonds. The molecule has 0 bridgehead atoms. The van der Waals surface area contributed by atoms with Crippen LogP contribution < -0.4 is 10.1 Å². The van der Waals surface area contributed by atoms with E-state index in [-0.39, 0.29) is 0 Å². The molecule has 0 atom stereocenters. The van der Waals surface area contributed by atoms with Gasteiger partial charge in [-0.05, 0) is 30.7 Å². The van der Waals surface area contributed by atoms with Gasteiger partial charge < -0.3 is 10.1 Å². The Kier molecular flexibility index (Phi) is 5.87. The molecule has 25 heavy (non-hydrogen) atoms. The minimum atomic E-state index is 0.597. The molecule has 0 spiro atoms. The minimum Gasteiger partial charge on any atom is -0.490 e. The molecule has 3 aromatic heterocycles. The highest BCUT2D eigenvalue weighted by Gasteiger charge is 2.08. The van der Waals surface area contributed by atoms with Crippen LogP contribution in [0.3, 0.4) is 0 Å². The Morgan fingerprint density at radius 2 is 1.88 bits per heavy atom. The predicted octanol–water partition coefficient (Wildman–Crippen LogP) is 4.25. The van der Waals surface area contributed by atoms with E-state index in [1.54, 1.807) is 24.8 Å². The second-order valence-electron chi connectivity index (χ2n) is 5.54. The number of pyridine rings is 2. The van der Waals surface area contributed by atoms with Gasteiger partial charge in [0.1, 0.15) is 5.69 Å². The monoisotopic (exact) mass is 335 g/mol. The second-order valence-corrected chi connectivity index (χ2v) is 5.54. The lowest BCUT2D eigenvalue weighted by molar-refractivity contribution is 0.307. The summed E-state index contributed by atoms with van der Waals surface area (Å²) in [4.78, 5) is 17.5. The molecule has 0 aromatic carbocycles. The summed E-state index contributed by atoms with van der Waals surface area (Å²) < 4.78 is 5.84. The standard InChI is InChI=1S/C19H21N5O/c1-2-3-6-12-25-17-9-7-11-22-19(17)24-18-14-20-13-16(23-18)15-8-4-5-10-21-15/h4-5,7-11,13-14H,2-3,6,12H2,1H3,(H,22,23,24). The van der Waals surface area contributed by atoms with Crippen LogP contribution in [0.2, 0.25) is 0 Å². The Hall–Kier alpha value is -3.02. The molecule has 0 aliphatic carbocycles. The number of ether oxygens (including phenoxy) is 1. The number of aromatic nitrogens is 4. The first kappa shape index (κ1) is 16.8. The van der Waals surface area contributed by atoms with E-state index in [1.165, 1.54) is 0 Å². The van der Waals surface area contributed by atoms with Crippen LogP contribution in [0.5, 0.6) is 5.75 Å². The van der Waals surface area contributed by atoms with Gasteiger partial charge in [-0.3, -0.25) is 9.97 Å². The summed E-state index contributed by atoms with van der Waals surface area (Å²) in [5, 5.41) is 3.19. The Bertz CT molecular complexity index is 795. The lowest BCUT2D eigenvalue weighted by atomic mass is 10.3. The molecule has 6 nitrogen and oxygen atoms in total. The molecule has 0 saturated carbocycles. The third-order valence-electron chi connectivity index (χ3n) is 3.58. The lowest BCUT2D eigenvalue weighted by Crippen LogP contribution is -2.03. The van der Waals surface area contributed by atoms with Crippen molar-refractivity contribution in [2.75, 3.05) is 11.9 Å². The third kappa shape index (κ3) is 4.73. The third-order valence-corrected chi connectivity index (χ3v) is 3.58. The van der Waals surface area contributed by atoms with Crippen LogP contribution in [0.15, 0.2) is 55.1 Å². The van der Waals surface area contributed by atoms with E-state index >= 15 is 0 Å². The molecule has 6 heteroatoms. The van der Waals surface area contributed by atoms with Gasteiger partial charge in [0, 0.05) is 12.4 Å². The molecule has 3 aromatic rings.